The van der Waals surface area contributed by atoms with E-state index >= 15 is 0 Å². The number of aromatic nitrogens is 1. The van der Waals surface area contributed by atoms with Crippen molar-refractivity contribution in [1.82, 2.24) is 9.71 Å². The summed E-state index contributed by atoms with van der Waals surface area (Å²) in [5, 5.41) is 10.1. The number of hydrogen-bond acceptors (Lipinski definition) is 8. The molecule has 1 unspecified atom stereocenters. The summed E-state index contributed by atoms with van der Waals surface area (Å²) in [5.74, 6) is 0.239. The molecule has 0 radical (unpaired) electrons. The molecule has 204 valence electrons. The summed E-state index contributed by atoms with van der Waals surface area (Å²) in [6.45, 7) is 2.88. The molecule has 1 atom stereocenters. The summed E-state index contributed by atoms with van der Waals surface area (Å²) < 4.78 is 34.7. The van der Waals surface area contributed by atoms with Gasteiger partial charge in [-0.3, -0.25) is 4.79 Å². The van der Waals surface area contributed by atoms with Crippen molar-refractivity contribution in [3.8, 4) is 5.75 Å². The average Bonchev–Trinajstić information content (AvgIpc) is 3.54. The predicted octanol–water partition coefficient (Wildman–Crippen LogP) is 3.49. The lowest BCUT2D eigenvalue weighted by atomic mass is 9.68. The summed E-state index contributed by atoms with van der Waals surface area (Å²) >= 11 is 6.30. The molecule has 1 aromatic heterocycles. The molecule has 1 aromatic carbocycles. The van der Waals surface area contributed by atoms with Gasteiger partial charge in [0.15, 0.2) is 10.6 Å². The minimum atomic E-state index is -4.22. The predicted molar refractivity (Wildman–Crippen MR) is 144 cm³/mol. The van der Waals surface area contributed by atoms with Crippen LogP contribution in [0.3, 0.4) is 0 Å². The molecule has 2 saturated carbocycles. The zero-order valence-electron chi connectivity index (χ0n) is 21.2. The number of halogens is 1. The molecule has 1 spiro atoms. The molecule has 1 amide bonds. The fraction of sp³-hybridized carbons (Fsp3) is 0.556. The number of rotatable bonds is 7. The first-order valence-electron chi connectivity index (χ1n) is 13.4. The Morgan fingerprint density at radius 3 is 2.53 bits per heavy atom. The van der Waals surface area contributed by atoms with Crippen LogP contribution in [-0.2, 0) is 14.8 Å². The van der Waals surface area contributed by atoms with Crippen molar-refractivity contribution in [2.75, 3.05) is 36.0 Å². The molecular weight excluding hydrogens is 528 g/mol. The van der Waals surface area contributed by atoms with Crippen LogP contribution in [-0.4, -0.2) is 62.3 Å². The Balaban J connectivity index is 1.17. The van der Waals surface area contributed by atoms with Crippen molar-refractivity contribution < 1.29 is 23.1 Å². The molecule has 2 saturated heterocycles. The Labute approximate surface area is 228 Å². The van der Waals surface area contributed by atoms with Crippen LogP contribution in [0, 0.1) is 5.41 Å². The highest BCUT2D eigenvalue weighted by Crippen LogP contribution is 2.50. The van der Waals surface area contributed by atoms with Gasteiger partial charge in [0.25, 0.3) is 15.9 Å². The number of amides is 1. The number of carbonyl (C=O) groups is 1. The van der Waals surface area contributed by atoms with E-state index in [1.807, 2.05) is 17.0 Å². The second-order valence-corrected chi connectivity index (χ2v) is 13.3. The third-order valence-corrected chi connectivity index (χ3v) is 9.82. The van der Waals surface area contributed by atoms with Gasteiger partial charge in [0.2, 0.25) is 0 Å². The number of sulfonamides is 1. The zero-order valence-corrected chi connectivity index (χ0v) is 22.8. The van der Waals surface area contributed by atoms with E-state index in [1.54, 1.807) is 18.2 Å². The Hall–Kier alpha value is -2.56. The molecule has 4 fully saturated rings. The van der Waals surface area contributed by atoms with E-state index in [1.165, 1.54) is 38.2 Å². The van der Waals surface area contributed by atoms with E-state index in [4.69, 9.17) is 16.3 Å². The van der Waals surface area contributed by atoms with E-state index in [0.29, 0.717) is 54.4 Å². The van der Waals surface area contributed by atoms with Crippen molar-refractivity contribution in [2.24, 2.45) is 5.41 Å². The van der Waals surface area contributed by atoms with Crippen LogP contribution in [0.25, 0.3) is 0 Å². The quantitative estimate of drug-likeness (QED) is 0.529. The van der Waals surface area contributed by atoms with Gasteiger partial charge in [0, 0.05) is 55.5 Å². The van der Waals surface area contributed by atoms with E-state index in [9.17, 15) is 18.3 Å². The van der Waals surface area contributed by atoms with Crippen LogP contribution in [0.1, 0.15) is 51.4 Å². The van der Waals surface area contributed by atoms with Crippen molar-refractivity contribution in [3.05, 3.63) is 41.4 Å². The second-order valence-electron chi connectivity index (χ2n) is 11.3. The largest absolute Gasteiger partial charge is 0.475 e. The van der Waals surface area contributed by atoms with Crippen LogP contribution in [0.4, 0.5) is 11.5 Å². The summed E-state index contributed by atoms with van der Waals surface area (Å²) in [4.78, 5) is 21.6. The Bertz CT molecular complexity index is 1330. The summed E-state index contributed by atoms with van der Waals surface area (Å²) in [6, 6.07) is 10.1. The second kappa shape index (κ2) is 9.57. The van der Waals surface area contributed by atoms with Crippen LogP contribution < -0.4 is 19.3 Å². The Kier molecular flexibility index (Phi) is 6.47. The number of pyridine rings is 1. The minimum absolute atomic E-state index is 0.248. The standard InChI is InChI=1S/C27H33ClN4O5S/c28-19-7-8-21(32-17-26(18-32)10-2-1-3-11-26)22(15-19)37-27(12-13-27)25(34)30-38(35,36)24-6-4-5-23(29-24)31-14-9-20(33)16-31/h4-8,15,20,33H,1-3,9-14,16-18H2,(H,30,34). The molecule has 4 aliphatic rings. The highest BCUT2D eigenvalue weighted by molar-refractivity contribution is 7.90. The van der Waals surface area contributed by atoms with Gasteiger partial charge in [-0.2, -0.15) is 8.42 Å². The molecule has 2 N–H and O–H groups in total. The fourth-order valence-electron chi connectivity index (χ4n) is 6.03. The molecule has 2 aromatic rings. The first-order chi connectivity index (χ1) is 18.2. The summed E-state index contributed by atoms with van der Waals surface area (Å²) in [5.41, 5.74) is -0.0157. The number of β-amino-alcohol motifs (C(OH)–C–C–N with tert-alkyl or cyclic N) is 1. The van der Waals surface area contributed by atoms with Gasteiger partial charge < -0.3 is 19.6 Å². The molecule has 2 aliphatic carbocycles. The van der Waals surface area contributed by atoms with E-state index < -0.39 is 27.6 Å². The molecule has 2 aliphatic heterocycles. The van der Waals surface area contributed by atoms with Crippen molar-refractivity contribution >= 4 is 39.0 Å². The van der Waals surface area contributed by atoms with Crippen LogP contribution in [0.2, 0.25) is 5.02 Å². The molecule has 38 heavy (non-hydrogen) atoms. The molecule has 0 bridgehead atoms. The Morgan fingerprint density at radius 1 is 1.08 bits per heavy atom. The molecular formula is C27H33ClN4O5S. The zero-order chi connectivity index (χ0) is 26.5. The van der Waals surface area contributed by atoms with Gasteiger partial charge in [0.05, 0.1) is 11.8 Å². The molecule has 6 rings (SSSR count). The topological polar surface area (TPSA) is 112 Å². The monoisotopic (exact) mass is 560 g/mol. The van der Waals surface area contributed by atoms with Crippen LogP contribution >= 0.6 is 11.6 Å². The van der Waals surface area contributed by atoms with Gasteiger partial charge in [-0.1, -0.05) is 36.9 Å². The number of aliphatic hydroxyl groups is 1. The summed E-state index contributed by atoms with van der Waals surface area (Å²) in [7, 11) is -4.22. The number of nitrogens with zero attached hydrogens (tertiary/aromatic N) is 3. The molecule has 11 heteroatoms. The average molecular weight is 561 g/mol. The number of aliphatic hydroxyl groups excluding tert-OH is 1. The lowest BCUT2D eigenvalue weighted by molar-refractivity contribution is -0.127. The van der Waals surface area contributed by atoms with Gasteiger partial charge in [-0.25, -0.2) is 9.71 Å². The lowest BCUT2D eigenvalue weighted by Gasteiger charge is -2.53. The number of ether oxygens (including phenoxy) is 1. The van der Waals surface area contributed by atoms with Crippen LogP contribution in [0.5, 0.6) is 5.75 Å². The maximum atomic E-state index is 13.3. The van der Waals surface area contributed by atoms with Crippen molar-refractivity contribution in [1.29, 1.82) is 0 Å². The van der Waals surface area contributed by atoms with Gasteiger partial charge >= 0.3 is 0 Å². The SMILES string of the molecule is O=C(NS(=O)(=O)c1cccc(N2CCC(O)C2)n1)C1(Oc2cc(Cl)ccc2N2CC3(CCCCC3)C2)CC1. The van der Waals surface area contributed by atoms with Gasteiger partial charge in [-0.05, 0) is 43.5 Å². The lowest BCUT2D eigenvalue weighted by Crippen LogP contribution is -2.57. The highest BCUT2D eigenvalue weighted by atomic mass is 35.5. The number of carbonyl (C=O) groups excluding carboxylic acids is 1. The van der Waals surface area contributed by atoms with E-state index in [-0.39, 0.29) is 5.03 Å². The van der Waals surface area contributed by atoms with E-state index in [2.05, 4.69) is 14.6 Å². The Morgan fingerprint density at radius 2 is 1.84 bits per heavy atom. The third-order valence-electron chi connectivity index (χ3n) is 8.35. The molecule has 3 heterocycles. The third kappa shape index (κ3) is 4.94. The molecule has 9 nitrogen and oxygen atoms in total. The maximum Gasteiger partial charge on any atom is 0.281 e. The van der Waals surface area contributed by atoms with Gasteiger partial charge in [0.1, 0.15) is 11.6 Å². The number of nitrogens with one attached hydrogen (secondary N) is 1. The van der Waals surface area contributed by atoms with E-state index in [0.717, 1.165) is 18.8 Å². The fourth-order valence-corrected chi connectivity index (χ4v) is 7.20. The number of hydrogen-bond donors (Lipinski definition) is 2. The summed E-state index contributed by atoms with van der Waals surface area (Å²) in [6.07, 6.45) is 7.27. The normalized spacial score (nSPS) is 23.7. The van der Waals surface area contributed by atoms with Crippen molar-refractivity contribution in [2.45, 2.75) is 68.1 Å². The smallest absolute Gasteiger partial charge is 0.281 e. The first-order valence-corrected chi connectivity index (χ1v) is 15.2. The van der Waals surface area contributed by atoms with Gasteiger partial charge in [-0.15, -0.1) is 0 Å². The first kappa shape index (κ1) is 25.7. The van der Waals surface area contributed by atoms with Crippen molar-refractivity contribution in [3.63, 3.8) is 0 Å². The highest BCUT2D eigenvalue weighted by Gasteiger charge is 2.55. The van der Waals surface area contributed by atoms with Crippen LogP contribution in [0.15, 0.2) is 41.4 Å². The minimum Gasteiger partial charge on any atom is -0.475 e. The maximum absolute atomic E-state index is 13.3. The number of anilines is 2. The number of benzene rings is 1.